The summed E-state index contributed by atoms with van der Waals surface area (Å²) in [5.74, 6) is -0.118. The first kappa shape index (κ1) is 11.9. The molecule has 0 radical (unpaired) electrons. The Morgan fingerprint density at radius 2 is 2.06 bits per heavy atom. The van der Waals surface area contributed by atoms with Crippen LogP contribution in [0.15, 0.2) is 6.07 Å². The molecule has 0 amide bonds. The van der Waals surface area contributed by atoms with E-state index in [4.69, 9.17) is 17.3 Å². The third-order valence-corrected chi connectivity index (χ3v) is 4.27. The lowest BCUT2D eigenvalue weighted by molar-refractivity contribution is 0.243. The summed E-state index contributed by atoms with van der Waals surface area (Å²) < 4.78 is 14.2. The third kappa shape index (κ3) is 1.56. The maximum atomic E-state index is 14.2. The molecule has 0 bridgehead atoms. The highest BCUT2D eigenvalue weighted by Gasteiger charge is 2.41. The van der Waals surface area contributed by atoms with Crippen LogP contribution in [0, 0.1) is 19.7 Å². The van der Waals surface area contributed by atoms with Gasteiger partial charge < -0.3 is 5.73 Å². The predicted molar refractivity (Wildman–Crippen MR) is 65.5 cm³/mol. The van der Waals surface area contributed by atoms with Crippen molar-refractivity contribution in [3.63, 3.8) is 0 Å². The minimum absolute atomic E-state index is 0.118. The van der Waals surface area contributed by atoms with Gasteiger partial charge >= 0.3 is 0 Å². The molecular formula is C13H17ClFN. The first-order valence-corrected chi connectivity index (χ1v) is 6.05. The molecule has 1 nitrogen and oxygen atoms in total. The second kappa shape index (κ2) is 4.01. The minimum Gasteiger partial charge on any atom is -0.330 e. The standard InChI is InChI=1S/C13H17ClFN/c1-8-6-10(14)9(2)11(12(8)15)13(7-16)4-3-5-13/h6H,3-5,7,16H2,1-2H3. The lowest BCUT2D eigenvalue weighted by Gasteiger charge is -2.43. The predicted octanol–water partition coefficient (Wildman–Crippen LogP) is 3.48. The highest BCUT2D eigenvalue weighted by atomic mass is 35.5. The molecular weight excluding hydrogens is 225 g/mol. The van der Waals surface area contributed by atoms with Crippen LogP contribution < -0.4 is 5.73 Å². The summed E-state index contributed by atoms with van der Waals surface area (Å²) in [4.78, 5) is 0. The van der Waals surface area contributed by atoms with Crippen LogP contribution in [0.25, 0.3) is 0 Å². The molecule has 2 N–H and O–H groups in total. The van der Waals surface area contributed by atoms with Gasteiger partial charge in [0.05, 0.1) is 0 Å². The molecule has 3 heteroatoms. The van der Waals surface area contributed by atoms with Gasteiger partial charge in [0.25, 0.3) is 0 Å². The molecule has 1 aliphatic rings. The van der Waals surface area contributed by atoms with E-state index in [9.17, 15) is 4.39 Å². The molecule has 0 saturated heterocycles. The number of hydrogen-bond donors (Lipinski definition) is 1. The molecule has 1 aromatic rings. The van der Waals surface area contributed by atoms with Crippen LogP contribution in [-0.2, 0) is 5.41 Å². The Morgan fingerprint density at radius 3 is 2.50 bits per heavy atom. The van der Waals surface area contributed by atoms with Crippen LogP contribution in [0.5, 0.6) is 0 Å². The van der Waals surface area contributed by atoms with Crippen LogP contribution >= 0.6 is 11.6 Å². The van der Waals surface area contributed by atoms with Crippen molar-refractivity contribution in [1.82, 2.24) is 0 Å². The fourth-order valence-electron chi connectivity index (χ4n) is 2.63. The SMILES string of the molecule is Cc1cc(Cl)c(C)c(C2(CN)CCC2)c1F. The molecule has 2 rings (SSSR count). The van der Waals surface area contributed by atoms with Gasteiger partial charge in [-0.1, -0.05) is 18.0 Å². The summed E-state index contributed by atoms with van der Waals surface area (Å²) in [5.41, 5.74) is 7.89. The first-order valence-electron chi connectivity index (χ1n) is 5.67. The monoisotopic (exact) mass is 241 g/mol. The van der Waals surface area contributed by atoms with Crippen LogP contribution in [0.4, 0.5) is 4.39 Å². The highest BCUT2D eigenvalue weighted by Crippen LogP contribution is 2.46. The normalized spacial score (nSPS) is 18.3. The lowest BCUT2D eigenvalue weighted by Crippen LogP contribution is -2.43. The Kier molecular flexibility index (Phi) is 2.97. The minimum atomic E-state index is -0.163. The quantitative estimate of drug-likeness (QED) is 0.843. The number of hydrogen-bond acceptors (Lipinski definition) is 1. The van der Waals surface area contributed by atoms with E-state index in [2.05, 4.69) is 0 Å². The van der Waals surface area contributed by atoms with Gasteiger partial charge in [-0.2, -0.15) is 0 Å². The number of nitrogens with two attached hydrogens (primary N) is 1. The number of aryl methyl sites for hydroxylation is 1. The number of halogens is 2. The second-order valence-corrected chi connectivity index (χ2v) is 5.23. The van der Waals surface area contributed by atoms with Crippen LogP contribution in [-0.4, -0.2) is 6.54 Å². The molecule has 0 aromatic heterocycles. The Hall–Kier alpha value is -0.600. The van der Waals surface area contributed by atoms with Gasteiger partial charge in [0.15, 0.2) is 0 Å². The van der Waals surface area contributed by atoms with E-state index in [1.165, 1.54) is 0 Å². The van der Waals surface area contributed by atoms with E-state index < -0.39 is 0 Å². The van der Waals surface area contributed by atoms with E-state index >= 15 is 0 Å². The van der Waals surface area contributed by atoms with Crippen LogP contribution in [0.3, 0.4) is 0 Å². The van der Waals surface area contributed by atoms with Crippen molar-refractivity contribution in [3.05, 3.63) is 33.6 Å². The zero-order chi connectivity index (χ0) is 11.9. The van der Waals surface area contributed by atoms with E-state index in [1.807, 2.05) is 6.92 Å². The molecule has 1 aromatic carbocycles. The summed E-state index contributed by atoms with van der Waals surface area (Å²) in [6.45, 7) is 4.15. The second-order valence-electron chi connectivity index (χ2n) is 4.83. The largest absolute Gasteiger partial charge is 0.330 e. The zero-order valence-corrected chi connectivity index (χ0v) is 10.5. The average Bonchev–Trinajstić information content (AvgIpc) is 2.19. The first-order chi connectivity index (χ1) is 7.52. The molecule has 16 heavy (non-hydrogen) atoms. The van der Waals surface area contributed by atoms with E-state index in [0.29, 0.717) is 17.1 Å². The smallest absolute Gasteiger partial charge is 0.130 e. The van der Waals surface area contributed by atoms with Crippen LogP contribution in [0.1, 0.15) is 36.0 Å². The van der Waals surface area contributed by atoms with Gasteiger partial charge in [-0.05, 0) is 49.4 Å². The third-order valence-electron chi connectivity index (χ3n) is 3.87. The van der Waals surface area contributed by atoms with E-state index in [1.54, 1.807) is 13.0 Å². The summed E-state index contributed by atoms with van der Waals surface area (Å²) in [5, 5.41) is 0.647. The Morgan fingerprint density at radius 1 is 1.44 bits per heavy atom. The van der Waals surface area contributed by atoms with Gasteiger partial charge in [-0.3, -0.25) is 0 Å². The van der Waals surface area contributed by atoms with E-state index in [0.717, 1.165) is 30.4 Å². The Balaban J connectivity index is 2.63. The fourth-order valence-corrected chi connectivity index (χ4v) is 2.89. The van der Waals surface area contributed by atoms with Crippen molar-refractivity contribution >= 4 is 11.6 Å². The Bertz CT molecular complexity index is 393. The Labute approximate surface area is 101 Å². The van der Waals surface area contributed by atoms with Gasteiger partial charge in [-0.25, -0.2) is 4.39 Å². The van der Waals surface area contributed by atoms with Crippen molar-refractivity contribution < 1.29 is 4.39 Å². The topological polar surface area (TPSA) is 26.0 Å². The molecule has 0 heterocycles. The lowest BCUT2D eigenvalue weighted by atomic mass is 9.63. The van der Waals surface area contributed by atoms with Gasteiger partial charge in [-0.15, -0.1) is 0 Å². The molecule has 0 aliphatic heterocycles. The summed E-state index contributed by atoms with van der Waals surface area (Å²) in [6, 6.07) is 1.69. The molecule has 0 spiro atoms. The van der Waals surface area contributed by atoms with Crippen molar-refractivity contribution in [2.24, 2.45) is 5.73 Å². The zero-order valence-electron chi connectivity index (χ0n) is 9.74. The van der Waals surface area contributed by atoms with Gasteiger partial charge in [0.2, 0.25) is 0 Å². The van der Waals surface area contributed by atoms with Gasteiger partial charge in [0, 0.05) is 17.0 Å². The fraction of sp³-hybridized carbons (Fsp3) is 0.538. The van der Waals surface area contributed by atoms with Crippen LogP contribution in [0.2, 0.25) is 5.02 Å². The summed E-state index contributed by atoms with van der Waals surface area (Å²) in [7, 11) is 0. The molecule has 0 unspecified atom stereocenters. The van der Waals surface area contributed by atoms with Crippen molar-refractivity contribution in [1.29, 1.82) is 0 Å². The van der Waals surface area contributed by atoms with Crippen molar-refractivity contribution in [3.8, 4) is 0 Å². The molecule has 1 fully saturated rings. The van der Waals surface area contributed by atoms with E-state index in [-0.39, 0.29) is 11.2 Å². The summed E-state index contributed by atoms with van der Waals surface area (Å²) >= 11 is 6.13. The molecule has 1 aliphatic carbocycles. The van der Waals surface area contributed by atoms with Gasteiger partial charge in [0.1, 0.15) is 5.82 Å². The van der Waals surface area contributed by atoms with Crippen molar-refractivity contribution in [2.45, 2.75) is 38.5 Å². The maximum absolute atomic E-state index is 14.2. The molecule has 88 valence electrons. The number of rotatable bonds is 2. The maximum Gasteiger partial charge on any atom is 0.130 e. The summed E-state index contributed by atoms with van der Waals surface area (Å²) in [6.07, 6.45) is 3.07. The molecule has 0 atom stereocenters. The average molecular weight is 242 g/mol. The van der Waals surface area contributed by atoms with Crippen molar-refractivity contribution in [2.75, 3.05) is 6.54 Å². The number of benzene rings is 1. The molecule has 1 saturated carbocycles. The highest BCUT2D eigenvalue weighted by molar-refractivity contribution is 6.31.